The molecule has 1 radical (unpaired) electrons. The van der Waals surface area contributed by atoms with Crippen molar-refractivity contribution in [1.82, 2.24) is 15.0 Å². The van der Waals surface area contributed by atoms with Gasteiger partial charge in [0.1, 0.15) is 5.65 Å². The van der Waals surface area contributed by atoms with Gasteiger partial charge in [-0.3, -0.25) is 4.79 Å². The second-order valence-corrected chi connectivity index (χ2v) is 1.92. The first kappa shape index (κ1) is 5.22. The number of fused-ring (bicyclic) bond motifs is 1. The molecular weight excluding hydrogens is 132 g/mol. The molecule has 0 atom stereocenters. The predicted molar refractivity (Wildman–Crippen MR) is 35.6 cm³/mol. The van der Waals surface area contributed by atoms with E-state index in [1.807, 2.05) is 0 Å². The molecule has 2 rings (SSSR count). The number of H-pyrrole nitrogens is 2. The number of aromatic amines is 2. The molecule has 0 saturated carbocycles. The molecule has 2 heterocycles. The van der Waals surface area contributed by atoms with Crippen LogP contribution in [0.2, 0.25) is 0 Å². The van der Waals surface area contributed by atoms with Crippen molar-refractivity contribution in [3.8, 4) is 0 Å². The van der Waals surface area contributed by atoms with Crippen LogP contribution in [0.5, 0.6) is 0 Å². The topological polar surface area (TPSA) is 61.5 Å². The molecule has 0 aliphatic rings. The lowest BCUT2D eigenvalue weighted by Crippen LogP contribution is -2.04. The van der Waals surface area contributed by atoms with Crippen LogP contribution in [0.4, 0.5) is 0 Å². The van der Waals surface area contributed by atoms with Crippen LogP contribution >= 0.6 is 0 Å². The van der Waals surface area contributed by atoms with Crippen LogP contribution in [0.3, 0.4) is 0 Å². The summed E-state index contributed by atoms with van der Waals surface area (Å²) < 4.78 is 0. The summed E-state index contributed by atoms with van der Waals surface area (Å²) in [6, 6.07) is 1.68. The molecule has 49 valence electrons. The standard InChI is InChI=1S/C6H4N3O/c10-6-4-1-2-7-5(4)8-3-9-6/h1-2H,(H2,7,8,9,10)/i3+2. The van der Waals surface area contributed by atoms with Crippen molar-refractivity contribution in [2.24, 2.45) is 0 Å². The third-order valence-electron chi connectivity index (χ3n) is 1.32. The summed E-state index contributed by atoms with van der Waals surface area (Å²) >= 11 is 0. The molecule has 0 bridgehead atoms. The number of nitrogens with one attached hydrogen (secondary N) is 2. The molecule has 2 N–H and O–H groups in total. The maximum absolute atomic E-state index is 10.9. The lowest BCUT2D eigenvalue weighted by Gasteiger charge is -1.82. The second-order valence-electron chi connectivity index (χ2n) is 1.92. The van der Waals surface area contributed by atoms with Crippen LogP contribution in [0.1, 0.15) is 0 Å². The van der Waals surface area contributed by atoms with E-state index in [-0.39, 0.29) is 5.56 Å². The van der Waals surface area contributed by atoms with E-state index in [0.29, 0.717) is 11.0 Å². The highest BCUT2D eigenvalue weighted by Crippen LogP contribution is 1.98. The van der Waals surface area contributed by atoms with Crippen LogP contribution in [-0.4, -0.2) is 15.0 Å². The summed E-state index contributed by atoms with van der Waals surface area (Å²) in [5, 5.41) is 0.568. The molecule has 4 nitrogen and oxygen atoms in total. The highest BCUT2D eigenvalue weighted by atomic mass is 16.1. The zero-order chi connectivity index (χ0) is 6.97. The number of nitrogens with zero attached hydrogens (tertiary/aromatic N) is 1. The van der Waals surface area contributed by atoms with Crippen molar-refractivity contribution in [2.75, 3.05) is 0 Å². The third kappa shape index (κ3) is 0.556. The summed E-state index contributed by atoms with van der Waals surface area (Å²) in [5.41, 5.74) is 0.412. The Labute approximate surface area is 55.9 Å². The third-order valence-corrected chi connectivity index (χ3v) is 1.32. The van der Waals surface area contributed by atoms with Crippen molar-refractivity contribution in [2.45, 2.75) is 0 Å². The predicted octanol–water partition coefficient (Wildman–Crippen LogP) is 0.0514. The Balaban J connectivity index is 3.09. The highest BCUT2D eigenvalue weighted by Gasteiger charge is 1.96. The first-order chi connectivity index (χ1) is 4.88. The SMILES string of the molecule is O=c1n[14c][nH]c2[nH]ccc12. The minimum atomic E-state index is -0.255. The molecule has 2 aromatic rings. The second kappa shape index (κ2) is 1.70. The van der Waals surface area contributed by atoms with Crippen LogP contribution in [0.25, 0.3) is 11.0 Å². The summed E-state index contributed by atoms with van der Waals surface area (Å²) in [4.78, 5) is 19.8. The van der Waals surface area contributed by atoms with Gasteiger partial charge in [0.15, 0.2) is 6.33 Å². The van der Waals surface area contributed by atoms with Gasteiger partial charge in [-0.1, -0.05) is 0 Å². The highest BCUT2D eigenvalue weighted by molar-refractivity contribution is 5.73. The van der Waals surface area contributed by atoms with E-state index >= 15 is 0 Å². The first-order valence-electron chi connectivity index (χ1n) is 2.81. The number of hydrogen-bond donors (Lipinski definition) is 2. The quantitative estimate of drug-likeness (QED) is 0.537. The van der Waals surface area contributed by atoms with Crippen molar-refractivity contribution in [3.05, 3.63) is 28.9 Å². The van der Waals surface area contributed by atoms with E-state index in [9.17, 15) is 4.79 Å². The van der Waals surface area contributed by atoms with Gasteiger partial charge in [0.25, 0.3) is 5.56 Å². The molecule has 0 aliphatic heterocycles. The average Bonchev–Trinajstić information content (AvgIpc) is 2.36. The van der Waals surface area contributed by atoms with Crippen LogP contribution in [0.15, 0.2) is 17.1 Å². The zero-order valence-corrected chi connectivity index (χ0v) is 5.01. The Hall–Kier alpha value is -1.58. The van der Waals surface area contributed by atoms with Crippen molar-refractivity contribution in [3.63, 3.8) is 0 Å². The van der Waals surface area contributed by atoms with Gasteiger partial charge >= 0.3 is 0 Å². The molecule has 0 unspecified atom stereocenters. The van der Waals surface area contributed by atoms with Gasteiger partial charge in [0, 0.05) is 6.20 Å². The zero-order valence-electron chi connectivity index (χ0n) is 5.01. The molecule has 0 aromatic carbocycles. The number of rotatable bonds is 0. The average molecular weight is 136 g/mol. The maximum Gasteiger partial charge on any atom is 0.282 e. The fraction of sp³-hybridized carbons (Fsp3) is 0. The number of aromatic nitrogens is 3. The summed E-state index contributed by atoms with van der Waals surface area (Å²) in [5.74, 6) is 0. The monoisotopic (exact) mass is 136 g/mol. The fourth-order valence-corrected chi connectivity index (χ4v) is 0.846. The lowest BCUT2D eigenvalue weighted by molar-refractivity contribution is 1.14. The normalized spacial score (nSPS) is 10.4. The van der Waals surface area contributed by atoms with E-state index in [2.05, 4.69) is 21.3 Å². The molecular formula is C6H4N3O. The lowest BCUT2D eigenvalue weighted by atomic mass is 10.4. The first-order valence-corrected chi connectivity index (χ1v) is 2.81. The van der Waals surface area contributed by atoms with Crippen molar-refractivity contribution in [1.29, 1.82) is 0 Å². The van der Waals surface area contributed by atoms with E-state index in [1.165, 1.54) is 0 Å². The molecule has 0 spiro atoms. The van der Waals surface area contributed by atoms with Gasteiger partial charge in [0.05, 0.1) is 5.39 Å². The van der Waals surface area contributed by atoms with Gasteiger partial charge in [-0.05, 0) is 6.07 Å². The van der Waals surface area contributed by atoms with Crippen molar-refractivity contribution >= 4 is 11.0 Å². The van der Waals surface area contributed by atoms with Gasteiger partial charge in [0.2, 0.25) is 0 Å². The summed E-state index contributed by atoms with van der Waals surface area (Å²) in [6.07, 6.45) is 4.05. The molecule has 2 aromatic heterocycles. The Morgan fingerprint density at radius 1 is 1.60 bits per heavy atom. The Morgan fingerprint density at radius 3 is 3.30 bits per heavy atom. The molecule has 0 amide bonds. The molecule has 0 saturated heterocycles. The van der Waals surface area contributed by atoms with Crippen LogP contribution < -0.4 is 5.56 Å². The smallest absolute Gasteiger partial charge is 0.282 e. The Kier molecular flexibility index (Phi) is 0.887. The van der Waals surface area contributed by atoms with E-state index < -0.39 is 0 Å². The van der Waals surface area contributed by atoms with E-state index in [0.717, 1.165) is 0 Å². The van der Waals surface area contributed by atoms with E-state index in [4.69, 9.17) is 0 Å². The van der Waals surface area contributed by atoms with Gasteiger partial charge in [-0.25, -0.2) is 0 Å². The minimum absolute atomic E-state index is 0.255. The molecule has 0 fully saturated rings. The molecule has 0 aliphatic carbocycles. The fourth-order valence-electron chi connectivity index (χ4n) is 0.846. The largest absolute Gasteiger partial charge is 0.348 e. The van der Waals surface area contributed by atoms with Crippen molar-refractivity contribution < 1.29 is 0 Å². The van der Waals surface area contributed by atoms with Crippen LogP contribution in [0, 0.1) is 6.33 Å². The van der Waals surface area contributed by atoms with Gasteiger partial charge in [-0.15, -0.1) is 0 Å². The summed E-state index contributed by atoms with van der Waals surface area (Å²) in [7, 11) is 0. The Bertz CT molecular complexity index is 400. The van der Waals surface area contributed by atoms with Gasteiger partial charge in [-0.2, -0.15) is 4.98 Å². The van der Waals surface area contributed by atoms with Crippen LogP contribution in [-0.2, 0) is 0 Å². The van der Waals surface area contributed by atoms with E-state index in [1.54, 1.807) is 12.3 Å². The van der Waals surface area contributed by atoms with Gasteiger partial charge < -0.3 is 9.97 Å². The maximum atomic E-state index is 10.9. The molecule has 4 heteroatoms. The minimum Gasteiger partial charge on any atom is -0.348 e. The molecule has 10 heavy (non-hydrogen) atoms. The summed E-state index contributed by atoms with van der Waals surface area (Å²) in [6.45, 7) is 0. The Morgan fingerprint density at radius 2 is 2.50 bits per heavy atom. The number of hydrogen-bond acceptors (Lipinski definition) is 2.